The predicted octanol–water partition coefficient (Wildman–Crippen LogP) is 0.749. The molecule has 0 aromatic carbocycles. The van der Waals surface area contributed by atoms with Gasteiger partial charge in [-0.15, -0.1) is 0 Å². The fraction of sp³-hybridized carbons (Fsp3) is 1.00. The van der Waals surface area contributed by atoms with E-state index in [9.17, 15) is 0 Å². The third-order valence-corrected chi connectivity index (χ3v) is 0.453. The van der Waals surface area contributed by atoms with Crippen LogP contribution in [0.15, 0.2) is 2.92 Å². The van der Waals surface area contributed by atoms with Crippen LogP contribution in [-0.4, -0.2) is 26.1 Å². The molecule has 0 aromatic rings. The molecule has 5 heavy (non-hydrogen) atoms. The van der Waals surface area contributed by atoms with Crippen molar-refractivity contribution in [3.63, 3.8) is 0 Å². The summed E-state index contributed by atoms with van der Waals surface area (Å²) >= 11 is 0.440. The van der Waals surface area contributed by atoms with Gasteiger partial charge in [0.25, 0.3) is 0 Å². The maximum atomic E-state index is 7.38. The van der Waals surface area contributed by atoms with Crippen LogP contribution in [0.4, 0.5) is 0 Å². The minimum absolute atomic E-state index is 0. The molecule has 0 saturated carbocycles. The van der Waals surface area contributed by atoms with Crippen molar-refractivity contribution in [3.05, 3.63) is 10.4 Å². The summed E-state index contributed by atoms with van der Waals surface area (Å²) in [6.07, 6.45) is 0. The summed E-state index contributed by atoms with van der Waals surface area (Å²) in [6, 6.07) is 0. The van der Waals surface area contributed by atoms with E-state index in [0.717, 1.165) is 0 Å². The minimum atomic E-state index is 0. The second kappa shape index (κ2) is 8.87. The molecule has 0 heterocycles. The predicted molar refractivity (Wildman–Crippen MR) is 23.0 cm³/mol. The number of azide groups is 1. The molecule has 0 bridgehead atoms. The van der Waals surface area contributed by atoms with E-state index in [1.54, 1.807) is 0 Å². The molecule has 0 rings (SSSR count). The van der Waals surface area contributed by atoms with Crippen LogP contribution < -0.4 is 0 Å². The summed E-state index contributed by atoms with van der Waals surface area (Å²) in [5.41, 5.74) is 7.38. The van der Waals surface area contributed by atoms with Crippen molar-refractivity contribution in [2.24, 2.45) is 2.92 Å². The van der Waals surface area contributed by atoms with E-state index in [2.05, 4.69) is 7.84 Å². The van der Waals surface area contributed by atoms with Gasteiger partial charge in [-0.1, -0.05) is 7.43 Å². The summed E-state index contributed by atoms with van der Waals surface area (Å²) in [5, 5.41) is 0. The van der Waals surface area contributed by atoms with Gasteiger partial charge >= 0.3 is 39.4 Å². The molecule has 3 nitrogen and oxygen atoms in total. The van der Waals surface area contributed by atoms with Crippen molar-refractivity contribution in [2.75, 3.05) is 0 Å². The number of nitrogens with zero attached hydrogens (tertiary/aromatic N) is 3. The third kappa shape index (κ3) is 13.9. The van der Waals surface area contributed by atoms with Crippen molar-refractivity contribution in [2.45, 2.75) is 7.43 Å². The second-order valence-corrected chi connectivity index (χ2v) is 1.10. The van der Waals surface area contributed by atoms with E-state index >= 15 is 0 Å². The molecule has 0 N–H and O–H groups in total. The summed E-state index contributed by atoms with van der Waals surface area (Å²) in [5.74, 6) is 0. The van der Waals surface area contributed by atoms with Gasteiger partial charge in [-0.2, -0.15) is 0 Å². The van der Waals surface area contributed by atoms with E-state index < -0.39 is 0 Å². The van der Waals surface area contributed by atoms with Gasteiger partial charge in [-0.25, -0.2) is 0 Å². The van der Waals surface area contributed by atoms with Crippen molar-refractivity contribution in [3.8, 4) is 0 Å². The zero-order valence-corrected chi connectivity index (χ0v) is 6.41. The molecule has 0 aliphatic heterocycles. The van der Waals surface area contributed by atoms with Crippen molar-refractivity contribution < 1.29 is 0 Å². The fourth-order valence-electron chi connectivity index (χ4n) is 0. The Labute approximate surface area is 47.1 Å². The molecule has 0 unspecified atom stereocenters. The molecule has 4 heteroatoms. The molecule has 0 aliphatic carbocycles. The van der Waals surface area contributed by atoms with Gasteiger partial charge in [0.1, 0.15) is 0 Å². The Balaban J connectivity index is 0. The van der Waals surface area contributed by atoms with Crippen LogP contribution in [0.5, 0.6) is 0 Å². The standard InChI is InChI=1S/CH4.N3.Pb.H/c;1-3-2;;/h1H4;;;/q;-1;+1;. The quantitative estimate of drug-likeness (QED) is 0.269. The number of hydrogen-bond acceptors (Lipinski definition) is 1. The summed E-state index contributed by atoms with van der Waals surface area (Å²) < 4.78 is 3.08. The van der Waals surface area contributed by atoms with Crippen LogP contribution in [0.3, 0.4) is 0 Å². The average molecular weight is 266 g/mol. The van der Waals surface area contributed by atoms with Crippen LogP contribution in [0.1, 0.15) is 7.43 Å². The van der Waals surface area contributed by atoms with E-state index in [1.165, 1.54) is 0 Å². The molecule has 0 aliphatic rings. The summed E-state index contributed by atoms with van der Waals surface area (Å²) in [7, 11) is 0. The van der Waals surface area contributed by atoms with Crippen LogP contribution in [-0.2, 0) is 0 Å². The normalized spacial score (nSPS) is 3.40. The Morgan fingerprint density at radius 3 is 2.00 bits per heavy atom. The third-order valence-electron chi connectivity index (χ3n) is 0.0516. The van der Waals surface area contributed by atoms with Gasteiger partial charge in [0.15, 0.2) is 0 Å². The molecule has 0 fully saturated rings. The van der Waals surface area contributed by atoms with E-state index in [0.29, 0.717) is 26.1 Å². The fourth-order valence-corrected chi connectivity index (χ4v) is 0. The van der Waals surface area contributed by atoms with Crippen molar-refractivity contribution >= 4 is 26.1 Å². The summed E-state index contributed by atoms with van der Waals surface area (Å²) in [6.45, 7) is 0. The van der Waals surface area contributed by atoms with Gasteiger partial charge in [0.2, 0.25) is 0 Å². The molecule has 28 valence electrons. The van der Waals surface area contributed by atoms with Crippen molar-refractivity contribution in [1.82, 2.24) is 0 Å². The Bertz CT molecular complexity index is 44.9. The van der Waals surface area contributed by atoms with E-state index in [4.69, 9.17) is 5.53 Å². The maximum absolute atomic E-state index is 7.38. The zero-order chi connectivity index (χ0) is 3.41. The number of hydrogen-bond donors (Lipinski definition) is 0. The van der Waals surface area contributed by atoms with Crippen LogP contribution in [0, 0.1) is 0 Å². The van der Waals surface area contributed by atoms with Gasteiger partial charge in [0, 0.05) is 0 Å². The molecular formula is CH5N3Pb. The van der Waals surface area contributed by atoms with Crippen molar-refractivity contribution in [1.29, 1.82) is 0 Å². The summed E-state index contributed by atoms with van der Waals surface area (Å²) in [4.78, 5) is 2.44. The SMILES string of the molecule is C.[N-]=[N+]=[N][PbH]. The monoisotopic (exact) mass is 267 g/mol. The van der Waals surface area contributed by atoms with Crippen LogP contribution >= 0.6 is 0 Å². The molecule has 0 atom stereocenters. The molecule has 0 aromatic heterocycles. The first kappa shape index (κ1) is 8.97. The Hall–Kier alpha value is 0.232. The van der Waals surface area contributed by atoms with Crippen LogP contribution in [0.2, 0.25) is 0 Å². The van der Waals surface area contributed by atoms with Crippen LogP contribution in [0.25, 0.3) is 10.4 Å². The Kier molecular flexibility index (Phi) is 15.9. The Morgan fingerprint density at radius 1 is 1.80 bits per heavy atom. The Morgan fingerprint density at radius 2 is 2.00 bits per heavy atom. The first-order valence-electron chi connectivity index (χ1n) is 0.658. The molecule has 0 amide bonds. The topological polar surface area (TPSA) is 48.8 Å². The average Bonchev–Trinajstić information content (AvgIpc) is 1.37. The molecular weight excluding hydrogens is 261 g/mol. The number of rotatable bonds is 0. The van der Waals surface area contributed by atoms with Gasteiger partial charge in [0.05, 0.1) is 0 Å². The zero-order valence-electron chi connectivity index (χ0n) is 1.92. The van der Waals surface area contributed by atoms with E-state index in [-0.39, 0.29) is 7.43 Å². The van der Waals surface area contributed by atoms with Gasteiger partial charge in [-0.3, -0.25) is 0 Å². The molecule has 0 spiro atoms. The molecule has 2 radical (unpaired) electrons. The second-order valence-electron chi connectivity index (χ2n) is 0.205. The van der Waals surface area contributed by atoms with Gasteiger partial charge in [-0.05, 0) is 0 Å². The van der Waals surface area contributed by atoms with E-state index in [1.807, 2.05) is 0 Å². The first-order chi connectivity index (χ1) is 1.91. The molecule has 0 saturated heterocycles. The van der Waals surface area contributed by atoms with Gasteiger partial charge < -0.3 is 0 Å². The first-order valence-corrected chi connectivity index (χ1v) is 2.67.